The van der Waals surface area contributed by atoms with E-state index in [9.17, 15) is 18.9 Å². The molecule has 2 heterocycles. The number of rotatable bonds is 8. The minimum Gasteiger partial charge on any atom is -0.457 e. The fourth-order valence-electron chi connectivity index (χ4n) is 3.56. The number of hydrogen-bond acceptors (Lipinski definition) is 8. The first-order valence-electron chi connectivity index (χ1n) is 10.6. The Labute approximate surface area is 205 Å². The Hall–Kier alpha value is -3.24. The molecule has 35 heavy (non-hydrogen) atoms. The molecule has 1 aliphatic heterocycles. The van der Waals surface area contributed by atoms with Crippen LogP contribution >= 0.6 is 20.0 Å². The molecule has 3 aromatic rings. The summed E-state index contributed by atoms with van der Waals surface area (Å²) in [6.45, 7) is -0.129. The Kier molecular flexibility index (Phi) is 8.14. The summed E-state index contributed by atoms with van der Waals surface area (Å²) in [5.74, 6) is -0.827. The molecule has 12 heteroatoms. The average Bonchev–Trinajstić information content (AvgIpc) is 3.26. The van der Waals surface area contributed by atoms with Crippen LogP contribution in [0, 0.1) is 0 Å². The molecule has 0 saturated carbocycles. The monoisotopic (exact) mass is 515 g/mol. The molecule has 1 amide bonds. The zero-order chi connectivity index (χ0) is 24.8. The smallest absolute Gasteiger partial charge is 0.350 e. The third-order valence-corrected chi connectivity index (χ3v) is 7.17. The van der Waals surface area contributed by atoms with Crippen LogP contribution in [0.25, 0.3) is 0 Å². The fourth-order valence-corrected chi connectivity index (χ4v) is 5.49. The van der Waals surface area contributed by atoms with Gasteiger partial charge in [-0.1, -0.05) is 36.4 Å². The van der Waals surface area contributed by atoms with Crippen LogP contribution in [-0.4, -0.2) is 44.3 Å². The molecular formula is C23H22N3O7PS. The average molecular weight is 515 g/mol. The number of hydrogen-bond donors (Lipinski definition) is 2. The zero-order valence-corrected chi connectivity index (χ0v) is 20.1. The molecule has 4 atom stereocenters. The summed E-state index contributed by atoms with van der Waals surface area (Å²) in [4.78, 5) is 50.7. The van der Waals surface area contributed by atoms with Crippen molar-refractivity contribution >= 4 is 37.7 Å². The predicted molar refractivity (Wildman–Crippen MR) is 131 cm³/mol. The second kappa shape index (κ2) is 11.5. The molecule has 0 spiro atoms. The quantitative estimate of drug-likeness (QED) is 0.342. The zero-order valence-electron chi connectivity index (χ0n) is 18.3. The van der Waals surface area contributed by atoms with Gasteiger partial charge in [-0.25, -0.2) is 9.59 Å². The molecule has 2 N–H and O–H groups in total. The molecule has 0 aliphatic carbocycles. The number of carbonyl (C=O) groups is 2. The van der Waals surface area contributed by atoms with E-state index in [2.05, 4.69) is 10.3 Å². The van der Waals surface area contributed by atoms with Crippen molar-refractivity contribution in [1.29, 1.82) is 0 Å². The van der Waals surface area contributed by atoms with Crippen molar-refractivity contribution in [2.75, 3.05) is 11.9 Å². The van der Waals surface area contributed by atoms with Gasteiger partial charge in [-0.2, -0.15) is 4.98 Å². The van der Waals surface area contributed by atoms with Gasteiger partial charge in [-0.05, 0) is 30.3 Å². The lowest BCUT2D eigenvalue weighted by atomic mass is 10.1. The van der Waals surface area contributed by atoms with E-state index in [0.29, 0.717) is 11.1 Å². The Bertz CT molecular complexity index is 1270. The van der Waals surface area contributed by atoms with Gasteiger partial charge in [0.2, 0.25) is 0 Å². The summed E-state index contributed by atoms with van der Waals surface area (Å²) in [6, 6.07) is 18.5. The van der Waals surface area contributed by atoms with E-state index in [1.165, 1.54) is 28.6 Å². The highest BCUT2D eigenvalue weighted by molar-refractivity contribution is 8.00. The number of ether oxygens (including phenoxy) is 1. The van der Waals surface area contributed by atoms with E-state index in [4.69, 9.17) is 14.2 Å². The minimum absolute atomic E-state index is 0.105. The molecule has 4 rings (SSSR count). The Morgan fingerprint density at radius 1 is 1.09 bits per heavy atom. The number of amides is 1. The van der Waals surface area contributed by atoms with Crippen LogP contribution in [0.4, 0.5) is 5.82 Å². The maximum absolute atomic E-state index is 12.7. The van der Waals surface area contributed by atoms with E-state index in [0.717, 1.165) is 0 Å². The third kappa shape index (κ3) is 6.46. The van der Waals surface area contributed by atoms with Gasteiger partial charge in [-0.15, -0.1) is 11.8 Å². The molecule has 0 bridgehead atoms. The summed E-state index contributed by atoms with van der Waals surface area (Å²) in [5, 5.41) is 1.66. The first-order valence-corrected chi connectivity index (χ1v) is 12.8. The number of anilines is 1. The van der Waals surface area contributed by atoms with Crippen molar-refractivity contribution in [3.63, 3.8) is 0 Å². The molecule has 10 nitrogen and oxygen atoms in total. The van der Waals surface area contributed by atoms with Crippen molar-refractivity contribution in [2.45, 2.75) is 23.1 Å². The summed E-state index contributed by atoms with van der Waals surface area (Å²) < 4.78 is 23.0. The number of esters is 1. The van der Waals surface area contributed by atoms with Gasteiger partial charge in [-0.3, -0.25) is 13.9 Å². The van der Waals surface area contributed by atoms with E-state index < -0.39 is 42.5 Å². The first kappa shape index (κ1) is 24.9. The molecule has 0 radical (unpaired) electrons. The number of benzene rings is 2. The lowest BCUT2D eigenvalue weighted by Crippen LogP contribution is -2.29. The van der Waals surface area contributed by atoms with Gasteiger partial charge in [0, 0.05) is 18.2 Å². The minimum atomic E-state index is -3.18. The molecule has 2 aromatic carbocycles. The first-order chi connectivity index (χ1) is 16.9. The van der Waals surface area contributed by atoms with Crippen LogP contribution < -0.4 is 11.0 Å². The molecule has 1 saturated heterocycles. The summed E-state index contributed by atoms with van der Waals surface area (Å²) in [7, 11) is -3.18. The SMILES string of the molecule is O=C(Nc1ccn(C2C[C@@H](OC(=O)c3ccccc3)[C@@H](CO[PH](=O)O)S2)c(=O)n1)c1ccccc1. The topological polar surface area (TPSA) is 137 Å². The van der Waals surface area contributed by atoms with Gasteiger partial charge in [0.25, 0.3) is 5.91 Å². The molecule has 1 aliphatic rings. The lowest BCUT2D eigenvalue weighted by Gasteiger charge is -2.18. The summed E-state index contributed by atoms with van der Waals surface area (Å²) in [5.41, 5.74) is 0.200. The van der Waals surface area contributed by atoms with Crippen LogP contribution in [0.15, 0.2) is 77.7 Å². The van der Waals surface area contributed by atoms with Crippen LogP contribution in [0.1, 0.15) is 32.5 Å². The summed E-state index contributed by atoms with van der Waals surface area (Å²) >= 11 is 1.28. The second-order valence-corrected chi connectivity index (χ2v) is 9.82. The number of nitrogens with zero attached hydrogens (tertiary/aromatic N) is 2. The van der Waals surface area contributed by atoms with Crippen molar-refractivity contribution in [3.05, 3.63) is 94.5 Å². The van der Waals surface area contributed by atoms with E-state index in [-0.39, 0.29) is 18.8 Å². The van der Waals surface area contributed by atoms with E-state index in [1.807, 2.05) is 0 Å². The largest absolute Gasteiger partial charge is 0.457 e. The van der Waals surface area contributed by atoms with Gasteiger partial charge >= 0.3 is 19.9 Å². The Balaban J connectivity index is 1.48. The molecule has 1 fully saturated rings. The van der Waals surface area contributed by atoms with E-state index >= 15 is 0 Å². The maximum Gasteiger partial charge on any atom is 0.350 e. The second-order valence-electron chi connectivity index (χ2n) is 7.57. The van der Waals surface area contributed by atoms with Crippen LogP contribution in [0.2, 0.25) is 0 Å². The Morgan fingerprint density at radius 2 is 1.74 bits per heavy atom. The Morgan fingerprint density at radius 3 is 2.37 bits per heavy atom. The highest BCUT2D eigenvalue weighted by atomic mass is 32.2. The predicted octanol–water partition coefficient (Wildman–Crippen LogP) is 3.12. The number of nitrogens with one attached hydrogen (secondary N) is 1. The van der Waals surface area contributed by atoms with E-state index in [1.54, 1.807) is 60.7 Å². The molecule has 2 unspecified atom stereocenters. The van der Waals surface area contributed by atoms with Crippen molar-refractivity contribution < 1.29 is 28.3 Å². The number of aromatic nitrogens is 2. The van der Waals surface area contributed by atoms with Gasteiger partial charge in [0.1, 0.15) is 11.9 Å². The van der Waals surface area contributed by atoms with Gasteiger partial charge < -0.3 is 19.5 Å². The number of carbonyl (C=O) groups excluding carboxylic acids is 2. The highest BCUT2D eigenvalue weighted by Crippen LogP contribution is 2.43. The van der Waals surface area contributed by atoms with Crippen LogP contribution in [-0.2, 0) is 13.8 Å². The van der Waals surface area contributed by atoms with Crippen LogP contribution in [0.3, 0.4) is 0 Å². The van der Waals surface area contributed by atoms with Crippen molar-refractivity contribution in [1.82, 2.24) is 9.55 Å². The normalized spacial score (nSPS) is 20.2. The van der Waals surface area contributed by atoms with Crippen LogP contribution in [0.5, 0.6) is 0 Å². The third-order valence-electron chi connectivity index (χ3n) is 5.24. The molecule has 1 aromatic heterocycles. The standard InChI is InChI=1S/C23H22N3O7PS/c27-21(15-7-3-1-4-8-15)24-19-11-12-26(23(29)25-19)20-13-17(18(35-20)14-32-34(30)31)33-22(28)16-9-5-2-6-10-16/h1-12,17-18,20,34H,13-14H2,(H,30,31)(H,24,25,27,29)/t17-,18-,20?/m1/s1. The summed E-state index contributed by atoms with van der Waals surface area (Å²) in [6.07, 6.45) is 1.10. The van der Waals surface area contributed by atoms with Gasteiger partial charge in [0.15, 0.2) is 0 Å². The van der Waals surface area contributed by atoms with Crippen molar-refractivity contribution in [2.24, 2.45) is 0 Å². The highest BCUT2D eigenvalue weighted by Gasteiger charge is 2.39. The molecular weight excluding hydrogens is 493 g/mol. The lowest BCUT2D eigenvalue weighted by molar-refractivity contribution is 0.0261. The van der Waals surface area contributed by atoms with Crippen molar-refractivity contribution in [3.8, 4) is 0 Å². The molecule has 182 valence electrons. The fraction of sp³-hybridized carbons (Fsp3) is 0.217. The van der Waals surface area contributed by atoms with Gasteiger partial charge in [0.05, 0.1) is 22.8 Å². The maximum atomic E-state index is 12.7. The number of thioether (sulfide) groups is 1.